The molecule has 3 aromatic carbocycles. The van der Waals surface area contributed by atoms with Gasteiger partial charge in [0.2, 0.25) is 10.0 Å². The van der Waals surface area contributed by atoms with Crippen LogP contribution in [-0.4, -0.2) is 56.5 Å². The normalized spacial score (nSPS) is 18.5. The number of benzene rings is 3. The zero-order chi connectivity index (χ0) is 31.1. The Balaban J connectivity index is 0.00000461. The van der Waals surface area contributed by atoms with Crippen molar-refractivity contribution in [1.29, 1.82) is 0 Å². The third kappa shape index (κ3) is 9.69. The molecule has 2 fully saturated rings. The Kier molecular flexibility index (Phi) is 12.7. The minimum Gasteiger partial charge on any atom is -0.390 e. The van der Waals surface area contributed by atoms with Crippen LogP contribution in [-0.2, 0) is 22.9 Å². The van der Waals surface area contributed by atoms with E-state index in [0.29, 0.717) is 48.1 Å². The summed E-state index contributed by atoms with van der Waals surface area (Å²) in [6, 6.07) is 22.7. The van der Waals surface area contributed by atoms with E-state index in [1.807, 2.05) is 66.7 Å². The van der Waals surface area contributed by atoms with E-state index >= 15 is 0 Å². The van der Waals surface area contributed by atoms with Gasteiger partial charge in [-0.15, -0.1) is 12.4 Å². The Morgan fingerprint density at radius 1 is 0.956 bits per heavy atom. The summed E-state index contributed by atoms with van der Waals surface area (Å²) in [7, 11) is -3.43. The van der Waals surface area contributed by atoms with Gasteiger partial charge < -0.3 is 15.7 Å². The number of nitrogens with zero attached hydrogens (tertiary/aromatic N) is 1. The lowest BCUT2D eigenvalue weighted by Crippen LogP contribution is -2.50. The van der Waals surface area contributed by atoms with E-state index in [2.05, 4.69) is 17.6 Å². The summed E-state index contributed by atoms with van der Waals surface area (Å²) in [5, 5.41) is 18.6. The highest BCUT2D eigenvalue weighted by Gasteiger charge is 2.29. The molecule has 10 heteroatoms. The van der Waals surface area contributed by atoms with Gasteiger partial charge in [0.1, 0.15) is 0 Å². The molecule has 1 heterocycles. The molecule has 244 valence electrons. The topological polar surface area (TPSA) is 98.7 Å². The number of carbonyl (C=O) groups is 1. The lowest BCUT2D eigenvalue weighted by Gasteiger charge is -2.30. The SMILES string of the molecule is CC(Cc1cccc(Cl)c1)NC[C@@H](O)[C@H](Cc1ccccc1)NC(=O)c1cc(C2CCCC2)cc(N2CCCCS2(=O)=O)c1.Cl. The van der Waals surface area contributed by atoms with Crippen molar-refractivity contribution in [3.05, 3.63) is 100 Å². The second kappa shape index (κ2) is 16.3. The van der Waals surface area contributed by atoms with Crippen molar-refractivity contribution in [2.24, 2.45) is 0 Å². The molecule has 1 amide bonds. The number of hydrogen-bond donors (Lipinski definition) is 3. The van der Waals surface area contributed by atoms with Crippen LogP contribution in [0.5, 0.6) is 0 Å². The van der Waals surface area contributed by atoms with Crippen LogP contribution < -0.4 is 14.9 Å². The lowest BCUT2D eigenvalue weighted by atomic mass is 9.94. The lowest BCUT2D eigenvalue weighted by molar-refractivity contribution is 0.0826. The van der Waals surface area contributed by atoms with Crippen molar-refractivity contribution in [3.8, 4) is 0 Å². The minimum atomic E-state index is -3.43. The summed E-state index contributed by atoms with van der Waals surface area (Å²) in [5.74, 6) is 0.119. The first-order valence-corrected chi connectivity index (χ1v) is 17.8. The van der Waals surface area contributed by atoms with Crippen LogP contribution in [0.3, 0.4) is 0 Å². The summed E-state index contributed by atoms with van der Waals surface area (Å²) < 4.78 is 27.5. The fourth-order valence-corrected chi connectivity index (χ4v) is 8.28. The predicted molar refractivity (Wildman–Crippen MR) is 185 cm³/mol. The van der Waals surface area contributed by atoms with Crippen molar-refractivity contribution in [2.75, 3.05) is 23.1 Å². The Morgan fingerprint density at radius 3 is 2.40 bits per heavy atom. The third-order valence-corrected chi connectivity index (χ3v) is 11.0. The first kappa shape index (κ1) is 35.2. The third-order valence-electron chi connectivity index (χ3n) is 8.85. The van der Waals surface area contributed by atoms with Gasteiger partial charge in [-0.2, -0.15) is 0 Å². The van der Waals surface area contributed by atoms with E-state index < -0.39 is 22.2 Å². The number of halogens is 2. The average molecular weight is 675 g/mol. The van der Waals surface area contributed by atoms with Crippen molar-refractivity contribution in [2.45, 2.75) is 82.4 Å². The number of hydrogen-bond acceptors (Lipinski definition) is 5. The van der Waals surface area contributed by atoms with E-state index in [0.717, 1.165) is 55.2 Å². The van der Waals surface area contributed by atoms with E-state index in [1.54, 1.807) is 6.07 Å². The van der Waals surface area contributed by atoms with Gasteiger partial charge in [0.25, 0.3) is 5.91 Å². The molecule has 1 aliphatic carbocycles. The van der Waals surface area contributed by atoms with Gasteiger partial charge in [-0.25, -0.2) is 8.42 Å². The molecule has 5 rings (SSSR count). The van der Waals surface area contributed by atoms with Crippen LogP contribution in [0.1, 0.15) is 78.4 Å². The number of aliphatic hydroxyl groups excluding tert-OH is 1. The number of nitrogens with one attached hydrogen (secondary N) is 2. The molecule has 1 saturated carbocycles. The van der Waals surface area contributed by atoms with Crippen molar-refractivity contribution >= 4 is 45.6 Å². The van der Waals surface area contributed by atoms with Crippen molar-refractivity contribution < 1.29 is 18.3 Å². The van der Waals surface area contributed by atoms with Gasteiger partial charge in [-0.05, 0) is 98.4 Å². The Hall–Kier alpha value is -2.62. The van der Waals surface area contributed by atoms with Crippen LogP contribution in [0.2, 0.25) is 5.02 Å². The van der Waals surface area contributed by atoms with Gasteiger partial charge >= 0.3 is 0 Å². The number of rotatable bonds is 12. The molecule has 0 spiro atoms. The van der Waals surface area contributed by atoms with E-state index in [9.17, 15) is 18.3 Å². The van der Waals surface area contributed by atoms with E-state index in [1.165, 1.54) is 4.31 Å². The molecule has 1 saturated heterocycles. The molecule has 0 aromatic heterocycles. The Labute approximate surface area is 279 Å². The highest BCUT2D eigenvalue weighted by Crippen LogP contribution is 2.37. The number of aliphatic hydroxyl groups is 1. The van der Waals surface area contributed by atoms with Gasteiger partial charge in [0.05, 0.1) is 23.6 Å². The molecule has 1 unspecified atom stereocenters. The summed E-state index contributed by atoms with van der Waals surface area (Å²) >= 11 is 6.15. The second-order valence-electron chi connectivity index (χ2n) is 12.4. The number of carbonyl (C=O) groups excluding carboxylic acids is 1. The molecule has 3 N–H and O–H groups in total. The van der Waals surface area contributed by atoms with Gasteiger partial charge in [0.15, 0.2) is 0 Å². The molecule has 2 aliphatic rings. The average Bonchev–Trinajstić information content (AvgIpc) is 3.55. The molecule has 0 radical (unpaired) electrons. The van der Waals surface area contributed by atoms with Crippen LogP contribution in [0.15, 0.2) is 72.8 Å². The van der Waals surface area contributed by atoms with Gasteiger partial charge in [0, 0.05) is 29.7 Å². The molecule has 1 aliphatic heterocycles. The Morgan fingerprint density at radius 2 is 1.69 bits per heavy atom. The van der Waals surface area contributed by atoms with E-state index in [-0.39, 0.29) is 30.1 Å². The number of anilines is 1. The van der Waals surface area contributed by atoms with E-state index in [4.69, 9.17) is 11.6 Å². The fraction of sp³-hybridized carbons (Fsp3) is 0.457. The molecule has 3 atom stereocenters. The maximum absolute atomic E-state index is 13.9. The summed E-state index contributed by atoms with van der Waals surface area (Å²) in [4.78, 5) is 13.9. The zero-order valence-corrected chi connectivity index (χ0v) is 28.2. The number of sulfonamides is 1. The second-order valence-corrected chi connectivity index (χ2v) is 14.8. The smallest absolute Gasteiger partial charge is 0.251 e. The van der Waals surface area contributed by atoms with Crippen LogP contribution >= 0.6 is 24.0 Å². The largest absolute Gasteiger partial charge is 0.390 e. The highest BCUT2D eigenvalue weighted by molar-refractivity contribution is 7.92. The van der Waals surface area contributed by atoms with Crippen LogP contribution in [0, 0.1) is 0 Å². The predicted octanol–water partition coefficient (Wildman–Crippen LogP) is 6.27. The fourth-order valence-electron chi connectivity index (χ4n) is 6.44. The van der Waals surface area contributed by atoms with Crippen molar-refractivity contribution in [3.63, 3.8) is 0 Å². The molecule has 0 bridgehead atoms. The van der Waals surface area contributed by atoms with Gasteiger partial charge in [-0.1, -0.05) is 66.9 Å². The molecular weight excluding hydrogens is 629 g/mol. The highest BCUT2D eigenvalue weighted by atomic mass is 35.5. The summed E-state index contributed by atoms with van der Waals surface area (Å²) in [6.45, 7) is 2.77. The van der Waals surface area contributed by atoms with Gasteiger partial charge in [-0.3, -0.25) is 9.10 Å². The molecule has 45 heavy (non-hydrogen) atoms. The summed E-state index contributed by atoms with van der Waals surface area (Å²) in [5.41, 5.74) is 4.12. The molecule has 7 nitrogen and oxygen atoms in total. The standard InChI is InChI=1S/C35H44ClN3O4S.ClH/c1-25(18-27-12-9-15-31(36)19-27)37-24-34(40)33(20-26-10-3-2-4-11-26)38-35(41)30-21-29(28-13-5-6-14-28)22-32(23-30)39-16-7-8-17-44(39,42)43;/h2-4,9-12,15,19,21-23,25,28,33-34,37,40H,5-8,13-14,16-18,20,24H2,1H3,(H,38,41);1H/t25?,33-,34+;/m0./s1. The Bertz CT molecular complexity index is 1520. The first-order valence-electron chi connectivity index (χ1n) is 15.8. The van der Waals surface area contributed by atoms with Crippen LogP contribution in [0.25, 0.3) is 0 Å². The monoisotopic (exact) mass is 673 g/mol. The van der Waals surface area contributed by atoms with Crippen LogP contribution in [0.4, 0.5) is 5.69 Å². The quantitative estimate of drug-likeness (QED) is 0.210. The zero-order valence-electron chi connectivity index (χ0n) is 25.8. The molecule has 3 aromatic rings. The van der Waals surface area contributed by atoms with Crippen molar-refractivity contribution in [1.82, 2.24) is 10.6 Å². The number of amides is 1. The maximum Gasteiger partial charge on any atom is 0.251 e. The molecular formula is C35H45Cl2N3O4S. The first-order chi connectivity index (χ1) is 21.2. The minimum absolute atomic E-state index is 0. The summed E-state index contributed by atoms with van der Waals surface area (Å²) in [6.07, 6.45) is 6.12. The maximum atomic E-state index is 13.9.